The van der Waals surface area contributed by atoms with Gasteiger partial charge in [-0.1, -0.05) is 30.4 Å². The number of hydrogen-bond donors (Lipinski definition) is 2. The summed E-state index contributed by atoms with van der Waals surface area (Å²) >= 11 is 5.31. The zero-order chi connectivity index (χ0) is 25.8. The van der Waals surface area contributed by atoms with Crippen molar-refractivity contribution in [3.05, 3.63) is 71.4 Å². The van der Waals surface area contributed by atoms with Crippen LogP contribution in [0.3, 0.4) is 0 Å². The van der Waals surface area contributed by atoms with Crippen molar-refractivity contribution >= 4 is 34.0 Å². The van der Waals surface area contributed by atoms with E-state index in [1.54, 1.807) is 0 Å². The highest BCUT2D eigenvalue weighted by Gasteiger charge is 2.52. The van der Waals surface area contributed by atoms with E-state index in [0.29, 0.717) is 11.3 Å². The Morgan fingerprint density at radius 2 is 1.57 bits per heavy atom. The van der Waals surface area contributed by atoms with Crippen molar-refractivity contribution in [3.63, 3.8) is 0 Å². The van der Waals surface area contributed by atoms with Crippen LogP contribution >= 0.6 is 12.2 Å². The van der Waals surface area contributed by atoms with Crippen LogP contribution in [0.1, 0.15) is 60.1 Å². The molecule has 4 aliphatic carbocycles. The van der Waals surface area contributed by atoms with Gasteiger partial charge in [-0.3, -0.25) is 15.6 Å². The minimum absolute atomic E-state index is 0.0925. The van der Waals surface area contributed by atoms with Crippen LogP contribution in [0.2, 0.25) is 0 Å². The molecule has 7 rings (SSSR count). The molecule has 0 aliphatic heterocycles. The number of carbonyl (C=O) groups is 1. The predicted molar refractivity (Wildman–Crippen MR) is 137 cm³/mol. The smallest absolute Gasteiger partial charge is 0.406 e. The van der Waals surface area contributed by atoms with Crippen LogP contribution < -0.4 is 15.6 Å². The third-order valence-corrected chi connectivity index (χ3v) is 8.54. The number of rotatable bonds is 4. The number of carbonyl (C=O) groups excluding carboxylic acids is 1. The molecule has 0 unspecified atom stereocenters. The number of para-hydroxylation sites is 1. The molecule has 192 valence electrons. The number of aromatic nitrogens is 1. The van der Waals surface area contributed by atoms with Gasteiger partial charge in [0.2, 0.25) is 0 Å². The van der Waals surface area contributed by atoms with Gasteiger partial charge < -0.3 is 4.74 Å². The van der Waals surface area contributed by atoms with Crippen molar-refractivity contribution in [3.8, 4) is 5.75 Å². The number of ether oxygens (including phenoxy) is 1. The van der Waals surface area contributed by atoms with E-state index in [4.69, 9.17) is 12.2 Å². The molecule has 2 aromatic carbocycles. The average Bonchev–Trinajstić information content (AvgIpc) is 2.85. The molecule has 2 N–H and O–H groups in total. The monoisotopic (exact) mass is 525 g/mol. The molecule has 5 nitrogen and oxygen atoms in total. The number of nitrogens with zero attached hydrogens (tertiary/aromatic N) is 1. The second-order valence-electron chi connectivity index (χ2n) is 10.8. The molecule has 0 radical (unpaired) electrons. The summed E-state index contributed by atoms with van der Waals surface area (Å²) in [6.07, 6.45) is 2.75. The number of nitrogens with one attached hydrogen (secondary N) is 2. The fourth-order valence-corrected chi connectivity index (χ4v) is 7.42. The molecular weight excluding hydrogens is 499 g/mol. The second kappa shape index (κ2) is 8.97. The zero-order valence-corrected chi connectivity index (χ0v) is 20.8. The standard InChI is InChI=1S/C28H26F3N3O2S/c29-28(30,31)36-20-7-5-19(6-8-20)26(37)34-33-25(35)24-12-22(21-3-1-2-4-23(21)32-24)27-13-16-9-17(14-27)11-18(10-16)15-27/h1-8,12,16-18H,9-11,13-15H2,(H,33,35)(H,34,37). The van der Waals surface area contributed by atoms with Gasteiger partial charge >= 0.3 is 6.36 Å². The molecule has 0 atom stereocenters. The van der Waals surface area contributed by atoms with Crippen LogP contribution in [-0.2, 0) is 5.41 Å². The van der Waals surface area contributed by atoms with E-state index in [0.717, 1.165) is 28.7 Å². The number of fused-ring (bicyclic) bond motifs is 1. The largest absolute Gasteiger partial charge is 0.573 e. The Morgan fingerprint density at radius 3 is 2.19 bits per heavy atom. The summed E-state index contributed by atoms with van der Waals surface area (Å²) in [4.78, 5) is 18.0. The van der Waals surface area contributed by atoms with E-state index >= 15 is 0 Å². The van der Waals surface area contributed by atoms with Gasteiger partial charge in [0.05, 0.1) is 5.52 Å². The number of pyridine rings is 1. The Kier molecular flexibility index (Phi) is 5.86. The SMILES string of the molecule is O=C(NNC(=S)c1ccc(OC(F)(F)F)cc1)c1cc(C23CC4CC(CC(C4)C2)C3)c2ccccc2n1. The first-order chi connectivity index (χ1) is 17.7. The molecule has 1 amide bonds. The van der Waals surface area contributed by atoms with Crippen LogP contribution in [0, 0.1) is 17.8 Å². The summed E-state index contributed by atoms with van der Waals surface area (Å²) < 4.78 is 41.1. The van der Waals surface area contributed by atoms with Crippen molar-refractivity contribution < 1.29 is 22.7 Å². The average molecular weight is 526 g/mol. The van der Waals surface area contributed by atoms with Gasteiger partial charge in [0.25, 0.3) is 5.91 Å². The number of amides is 1. The van der Waals surface area contributed by atoms with Gasteiger partial charge in [0.15, 0.2) is 0 Å². The lowest BCUT2D eigenvalue weighted by Gasteiger charge is -2.57. The minimum atomic E-state index is -4.77. The highest BCUT2D eigenvalue weighted by molar-refractivity contribution is 7.80. The summed E-state index contributed by atoms with van der Waals surface area (Å²) in [5.74, 6) is 1.53. The Labute approximate surface area is 217 Å². The maximum atomic E-state index is 13.2. The van der Waals surface area contributed by atoms with E-state index in [-0.39, 0.29) is 16.2 Å². The first-order valence-corrected chi connectivity index (χ1v) is 12.9. The first kappa shape index (κ1) is 24.2. The predicted octanol–water partition coefficient (Wildman–Crippen LogP) is 6.21. The highest BCUT2D eigenvalue weighted by atomic mass is 32.1. The lowest BCUT2D eigenvalue weighted by Crippen LogP contribution is -2.48. The summed E-state index contributed by atoms with van der Waals surface area (Å²) in [6, 6.07) is 15.1. The lowest BCUT2D eigenvalue weighted by atomic mass is 9.48. The van der Waals surface area contributed by atoms with Gasteiger partial charge in [-0.2, -0.15) is 0 Å². The van der Waals surface area contributed by atoms with Gasteiger partial charge in [-0.05, 0) is 104 Å². The topological polar surface area (TPSA) is 63.2 Å². The van der Waals surface area contributed by atoms with Crippen LogP contribution in [-0.4, -0.2) is 22.2 Å². The minimum Gasteiger partial charge on any atom is -0.406 e. The third-order valence-electron chi connectivity index (χ3n) is 8.20. The fraction of sp³-hybridized carbons (Fsp3) is 0.393. The van der Waals surface area contributed by atoms with E-state index in [2.05, 4.69) is 26.6 Å². The fourth-order valence-electron chi connectivity index (χ4n) is 7.23. The number of halogens is 3. The van der Waals surface area contributed by atoms with Crippen molar-refractivity contribution in [1.29, 1.82) is 0 Å². The Balaban J connectivity index is 1.22. The molecule has 4 fully saturated rings. The molecule has 1 heterocycles. The van der Waals surface area contributed by atoms with Crippen molar-refractivity contribution in [2.45, 2.75) is 50.3 Å². The van der Waals surface area contributed by atoms with Gasteiger partial charge in [-0.25, -0.2) is 4.98 Å². The second-order valence-corrected chi connectivity index (χ2v) is 11.2. The molecule has 4 saturated carbocycles. The van der Waals surface area contributed by atoms with Gasteiger partial charge in [-0.15, -0.1) is 13.2 Å². The normalized spacial score (nSPS) is 26.2. The first-order valence-electron chi connectivity index (χ1n) is 12.5. The van der Waals surface area contributed by atoms with Gasteiger partial charge in [0.1, 0.15) is 16.4 Å². The number of benzene rings is 2. The Morgan fingerprint density at radius 1 is 0.946 bits per heavy atom. The zero-order valence-electron chi connectivity index (χ0n) is 20.0. The van der Waals surface area contributed by atoms with Gasteiger partial charge in [0, 0.05) is 10.9 Å². The molecule has 37 heavy (non-hydrogen) atoms. The lowest BCUT2D eigenvalue weighted by molar-refractivity contribution is -0.274. The van der Waals surface area contributed by atoms with Crippen LogP contribution in [0.25, 0.3) is 10.9 Å². The molecule has 0 saturated heterocycles. The molecule has 4 bridgehead atoms. The molecule has 0 spiro atoms. The molecule has 3 aromatic rings. The maximum Gasteiger partial charge on any atom is 0.573 e. The van der Waals surface area contributed by atoms with E-state index in [1.165, 1.54) is 68.4 Å². The maximum absolute atomic E-state index is 13.2. The quantitative estimate of drug-likeness (QED) is 0.313. The summed E-state index contributed by atoms with van der Waals surface area (Å²) in [5.41, 5.74) is 8.17. The summed E-state index contributed by atoms with van der Waals surface area (Å²) in [6.45, 7) is 0. The van der Waals surface area contributed by atoms with Crippen molar-refractivity contribution in [1.82, 2.24) is 15.8 Å². The van der Waals surface area contributed by atoms with Crippen molar-refractivity contribution in [2.75, 3.05) is 0 Å². The number of hydrogen-bond acceptors (Lipinski definition) is 4. The molecule has 4 aliphatic rings. The van der Waals surface area contributed by atoms with Crippen LogP contribution in [0.5, 0.6) is 5.75 Å². The third kappa shape index (κ3) is 4.77. The Hall–Kier alpha value is -3.20. The number of hydrazine groups is 1. The van der Waals surface area contributed by atoms with E-state index in [9.17, 15) is 18.0 Å². The summed E-state index contributed by atoms with van der Waals surface area (Å²) in [5, 5.41) is 1.12. The van der Waals surface area contributed by atoms with Crippen LogP contribution in [0.15, 0.2) is 54.6 Å². The highest BCUT2D eigenvalue weighted by Crippen LogP contribution is 2.61. The molecule has 9 heteroatoms. The van der Waals surface area contributed by atoms with Crippen molar-refractivity contribution in [2.24, 2.45) is 17.8 Å². The number of thiocarbonyl (C=S) groups is 1. The van der Waals surface area contributed by atoms with Crippen LogP contribution in [0.4, 0.5) is 13.2 Å². The molecule has 1 aromatic heterocycles. The summed E-state index contributed by atoms with van der Waals surface area (Å²) in [7, 11) is 0. The Bertz CT molecular complexity index is 1340. The van der Waals surface area contributed by atoms with E-state index in [1.807, 2.05) is 24.3 Å². The molecular formula is C28H26F3N3O2S. The van der Waals surface area contributed by atoms with E-state index < -0.39 is 12.3 Å². The number of alkyl halides is 3.